The van der Waals surface area contributed by atoms with Crippen molar-refractivity contribution in [2.24, 2.45) is 0 Å². The Morgan fingerprint density at radius 3 is 2.71 bits per heavy atom. The third kappa shape index (κ3) is 4.99. The minimum absolute atomic E-state index is 0.302. The molecule has 0 unspecified atom stereocenters. The number of rotatable bonds is 2. The van der Waals surface area contributed by atoms with Crippen molar-refractivity contribution in [3.05, 3.63) is 22.5 Å². The highest BCUT2D eigenvalue weighted by molar-refractivity contribution is 6.29. The molecule has 0 aliphatic rings. The first-order chi connectivity index (χ1) is 7.78. The molecule has 17 heavy (non-hydrogen) atoms. The number of carbonyl (C=O) groups excluding carboxylic acids is 1. The molecule has 0 saturated carbocycles. The SMILES string of the molecule is Cc1nnc(Cl)cc1CNC(=O)OC(C)(C)C. The number of halogens is 1. The van der Waals surface area contributed by atoms with E-state index in [1.165, 1.54) is 0 Å². The van der Waals surface area contributed by atoms with Gasteiger partial charge in [-0.15, -0.1) is 5.10 Å². The summed E-state index contributed by atoms with van der Waals surface area (Å²) in [6, 6.07) is 1.67. The lowest BCUT2D eigenvalue weighted by molar-refractivity contribution is 0.0523. The van der Waals surface area contributed by atoms with Gasteiger partial charge in [0, 0.05) is 6.54 Å². The zero-order chi connectivity index (χ0) is 13.1. The molecule has 0 saturated heterocycles. The lowest BCUT2D eigenvalue weighted by Crippen LogP contribution is -2.32. The molecule has 1 rings (SSSR count). The van der Waals surface area contributed by atoms with Crippen LogP contribution in [-0.2, 0) is 11.3 Å². The topological polar surface area (TPSA) is 64.1 Å². The normalized spacial score (nSPS) is 11.1. The van der Waals surface area contributed by atoms with Crippen molar-refractivity contribution in [3.8, 4) is 0 Å². The van der Waals surface area contributed by atoms with Gasteiger partial charge in [0.15, 0.2) is 5.15 Å². The van der Waals surface area contributed by atoms with E-state index < -0.39 is 11.7 Å². The predicted octanol–water partition coefficient (Wildman–Crippen LogP) is 2.46. The number of alkyl carbamates (subject to hydrolysis) is 1. The fourth-order valence-electron chi connectivity index (χ4n) is 1.12. The molecule has 1 N–H and O–H groups in total. The lowest BCUT2D eigenvalue weighted by atomic mass is 10.2. The summed E-state index contributed by atoms with van der Waals surface area (Å²) in [7, 11) is 0. The molecule has 0 fully saturated rings. The number of ether oxygens (including phenoxy) is 1. The van der Waals surface area contributed by atoms with Gasteiger partial charge >= 0.3 is 6.09 Å². The molecule has 6 heteroatoms. The Hall–Kier alpha value is -1.36. The van der Waals surface area contributed by atoms with Crippen LogP contribution in [0, 0.1) is 6.92 Å². The number of hydrogen-bond donors (Lipinski definition) is 1. The Labute approximate surface area is 106 Å². The molecule has 1 amide bonds. The van der Waals surface area contributed by atoms with Gasteiger partial charge in [-0.3, -0.25) is 0 Å². The van der Waals surface area contributed by atoms with Crippen molar-refractivity contribution >= 4 is 17.7 Å². The Morgan fingerprint density at radius 2 is 2.12 bits per heavy atom. The molecule has 0 radical (unpaired) electrons. The standard InChI is InChI=1S/C11H16ClN3O2/c1-7-8(5-9(12)15-14-7)6-13-10(16)17-11(2,3)4/h5H,6H2,1-4H3,(H,13,16). The Morgan fingerprint density at radius 1 is 1.47 bits per heavy atom. The zero-order valence-electron chi connectivity index (χ0n) is 10.4. The minimum atomic E-state index is -0.507. The van der Waals surface area contributed by atoms with Crippen LogP contribution in [0.2, 0.25) is 5.15 Å². The summed E-state index contributed by atoms with van der Waals surface area (Å²) in [5.74, 6) is 0. The number of amides is 1. The van der Waals surface area contributed by atoms with E-state index in [0.717, 1.165) is 11.3 Å². The van der Waals surface area contributed by atoms with Crippen LogP contribution in [0.15, 0.2) is 6.07 Å². The summed E-state index contributed by atoms with van der Waals surface area (Å²) in [5, 5.41) is 10.5. The van der Waals surface area contributed by atoms with Crippen molar-refractivity contribution in [3.63, 3.8) is 0 Å². The second-order valence-electron chi connectivity index (χ2n) is 4.63. The maximum Gasteiger partial charge on any atom is 0.407 e. The monoisotopic (exact) mass is 257 g/mol. The van der Waals surface area contributed by atoms with Crippen LogP contribution in [0.25, 0.3) is 0 Å². The van der Waals surface area contributed by atoms with Gasteiger partial charge in [0.25, 0.3) is 0 Å². The molecule has 0 bridgehead atoms. The van der Waals surface area contributed by atoms with E-state index in [1.807, 2.05) is 20.8 Å². The van der Waals surface area contributed by atoms with E-state index in [0.29, 0.717) is 11.7 Å². The smallest absolute Gasteiger partial charge is 0.407 e. The molecule has 1 aromatic heterocycles. The van der Waals surface area contributed by atoms with Crippen molar-refractivity contribution in [1.29, 1.82) is 0 Å². The Bertz CT molecular complexity index is 416. The van der Waals surface area contributed by atoms with Crippen molar-refractivity contribution in [2.75, 3.05) is 0 Å². The molecule has 0 aliphatic heterocycles. The van der Waals surface area contributed by atoms with Gasteiger partial charge in [0.05, 0.1) is 5.69 Å². The Kier molecular flexibility index (Phi) is 4.28. The van der Waals surface area contributed by atoms with E-state index in [-0.39, 0.29) is 0 Å². The fourth-order valence-corrected chi connectivity index (χ4v) is 1.29. The highest BCUT2D eigenvalue weighted by atomic mass is 35.5. The van der Waals surface area contributed by atoms with Crippen LogP contribution < -0.4 is 5.32 Å². The zero-order valence-corrected chi connectivity index (χ0v) is 11.1. The molecule has 0 aromatic carbocycles. The van der Waals surface area contributed by atoms with Crippen molar-refractivity contribution in [1.82, 2.24) is 15.5 Å². The summed E-state index contributed by atoms with van der Waals surface area (Å²) in [6.07, 6.45) is -0.468. The largest absolute Gasteiger partial charge is 0.444 e. The second kappa shape index (κ2) is 5.31. The summed E-state index contributed by atoms with van der Waals surface area (Å²) in [5.41, 5.74) is 1.04. The quantitative estimate of drug-likeness (QED) is 0.884. The number of aromatic nitrogens is 2. The van der Waals surface area contributed by atoms with Crippen molar-refractivity contribution in [2.45, 2.75) is 39.8 Å². The van der Waals surface area contributed by atoms with Gasteiger partial charge in [0.1, 0.15) is 5.60 Å². The molecule has 5 nitrogen and oxygen atoms in total. The third-order valence-electron chi connectivity index (χ3n) is 1.88. The highest BCUT2D eigenvalue weighted by Gasteiger charge is 2.16. The molecule has 0 spiro atoms. The molecule has 94 valence electrons. The molecular weight excluding hydrogens is 242 g/mol. The van der Waals surface area contributed by atoms with Crippen molar-refractivity contribution < 1.29 is 9.53 Å². The second-order valence-corrected chi connectivity index (χ2v) is 5.02. The van der Waals surface area contributed by atoms with E-state index >= 15 is 0 Å². The van der Waals surface area contributed by atoms with Gasteiger partial charge in [-0.25, -0.2) is 4.79 Å². The number of aryl methyl sites for hydroxylation is 1. The molecule has 1 aromatic rings. The van der Waals surface area contributed by atoms with E-state index in [9.17, 15) is 4.79 Å². The Balaban J connectivity index is 2.56. The summed E-state index contributed by atoms with van der Waals surface area (Å²) in [6.45, 7) is 7.54. The highest BCUT2D eigenvalue weighted by Crippen LogP contribution is 2.10. The first kappa shape index (κ1) is 13.7. The maximum atomic E-state index is 11.4. The van der Waals surface area contributed by atoms with Gasteiger partial charge in [-0.1, -0.05) is 11.6 Å². The van der Waals surface area contributed by atoms with Gasteiger partial charge in [-0.05, 0) is 39.3 Å². The number of carbonyl (C=O) groups is 1. The summed E-state index contributed by atoms with van der Waals surface area (Å²) < 4.78 is 5.11. The molecule has 1 heterocycles. The summed E-state index contributed by atoms with van der Waals surface area (Å²) in [4.78, 5) is 11.4. The van der Waals surface area contributed by atoms with Gasteiger partial charge < -0.3 is 10.1 Å². The van der Waals surface area contributed by atoms with Crippen LogP contribution in [0.3, 0.4) is 0 Å². The van der Waals surface area contributed by atoms with E-state index in [2.05, 4.69) is 15.5 Å². The maximum absolute atomic E-state index is 11.4. The van der Waals surface area contributed by atoms with Crippen LogP contribution >= 0.6 is 11.6 Å². The van der Waals surface area contributed by atoms with Crippen LogP contribution in [-0.4, -0.2) is 21.9 Å². The van der Waals surface area contributed by atoms with E-state index in [1.54, 1.807) is 13.0 Å². The third-order valence-corrected chi connectivity index (χ3v) is 2.06. The van der Waals surface area contributed by atoms with Gasteiger partial charge in [0.2, 0.25) is 0 Å². The molecular formula is C11H16ClN3O2. The molecule has 0 atom stereocenters. The van der Waals surface area contributed by atoms with Gasteiger partial charge in [-0.2, -0.15) is 5.10 Å². The number of hydrogen-bond acceptors (Lipinski definition) is 4. The van der Waals surface area contributed by atoms with E-state index in [4.69, 9.17) is 16.3 Å². The summed E-state index contributed by atoms with van der Waals surface area (Å²) >= 11 is 5.72. The van der Waals surface area contributed by atoms with Crippen LogP contribution in [0.4, 0.5) is 4.79 Å². The minimum Gasteiger partial charge on any atom is -0.444 e. The first-order valence-corrected chi connectivity index (χ1v) is 5.61. The fraction of sp³-hybridized carbons (Fsp3) is 0.545. The van der Waals surface area contributed by atoms with Crippen LogP contribution in [0.5, 0.6) is 0 Å². The number of nitrogens with one attached hydrogen (secondary N) is 1. The first-order valence-electron chi connectivity index (χ1n) is 5.23. The average molecular weight is 258 g/mol. The number of nitrogens with zero attached hydrogens (tertiary/aromatic N) is 2. The molecule has 0 aliphatic carbocycles. The average Bonchev–Trinajstić information content (AvgIpc) is 2.17. The predicted molar refractivity (Wildman–Crippen MR) is 64.9 cm³/mol. The van der Waals surface area contributed by atoms with Crippen LogP contribution in [0.1, 0.15) is 32.0 Å². The lowest BCUT2D eigenvalue weighted by Gasteiger charge is -2.19.